The van der Waals surface area contributed by atoms with Gasteiger partial charge in [-0.05, 0) is 18.7 Å². The molecule has 3 aromatic heterocycles. The molecule has 7 heteroatoms. The molecule has 1 aliphatic heterocycles. The van der Waals surface area contributed by atoms with E-state index in [2.05, 4.69) is 44.4 Å². The molecule has 124 valence electrons. The summed E-state index contributed by atoms with van der Waals surface area (Å²) in [6.45, 7) is 4.82. The molecule has 0 aliphatic carbocycles. The monoisotopic (exact) mass is 323 g/mol. The third-order valence-corrected chi connectivity index (χ3v) is 4.37. The number of fused-ring (bicyclic) bond motifs is 1. The lowest BCUT2D eigenvalue weighted by Crippen LogP contribution is -2.44. The molecule has 0 saturated carbocycles. The van der Waals surface area contributed by atoms with E-state index in [1.807, 2.05) is 22.8 Å². The Hall–Kier alpha value is -2.67. The lowest BCUT2D eigenvalue weighted by Gasteiger charge is -2.33. The van der Waals surface area contributed by atoms with Gasteiger partial charge < -0.3 is 15.1 Å². The average Bonchev–Trinajstić information content (AvgIpc) is 3.10. The van der Waals surface area contributed by atoms with Crippen LogP contribution in [0.25, 0.3) is 5.65 Å². The minimum Gasteiger partial charge on any atom is -0.366 e. The SMILES string of the molecule is CN1CCN(c2cc(NCc3cccnc3)n3nccc3n2)CC1. The molecule has 0 bridgehead atoms. The number of pyridine rings is 1. The highest BCUT2D eigenvalue weighted by atomic mass is 15.3. The minimum absolute atomic E-state index is 0.703. The van der Waals surface area contributed by atoms with Crippen LogP contribution in [0, 0.1) is 0 Å². The van der Waals surface area contributed by atoms with E-state index < -0.39 is 0 Å². The van der Waals surface area contributed by atoms with E-state index in [0.29, 0.717) is 6.54 Å². The van der Waals surface area contributed by atoms with Gasteiger partial charge in [-0.25, -0.2) is 4.98 Å². The molecule has 0 unspecified atom stereocenters. The molecule has 4 rings (SSSR count). The van der Waals surface area contributed by atoms with Gasteiger partial charge >= 0.3 is 0 Å². The smallest absolute Gasteiger partial charge is 0.159 e. The molecule has 4 heterocycles. The largest absolute Gasteiger partial charge is 0.366 e. The Morgan fingerprint density at radius 1 is 1.12 bits per heavy atom. The Balaban J connectivity index is 1.60. The van der Waals surface area contributed by atoms with Crippen LogP contribution in [-0.4, -0.2) is 57.7 Å². The number of anilines is 2. The molecule has 0 spiro atoms. The van der Waals surface area contributed by atoms with Crippen LogP contribution in [0.5, 0.6) is 0 Å². The van der Waals surface area contributed by atoms with Gasteiger partial charge in [-0.1, -0.05) is 6.07 Å². The second-order valence-electron chi connectivity index (χ2n) is 6.11. The standard InChI is InChI=1S/C17H21N7/c1-22-7-9-23(10-8-22)17-11-16(24-15(21-17)4-6-20-24)19-13-14-3-2-5-18-12-14/h2-6,11-12,19H,7-10,13H2,1H3. The van der Waals surface area contributed by atoms with E-state index in [1.54, 1.807) is 12.4 Å². The van der Waals surface area contributed by atoms with Crippen LogP contribution in [0.4, 0.5) is 11.6 Å². The first-order chi connectivity index (χ1) is 11.8. The van der Waals surface area contributed by atoms with E-state index in [4.69, 9.17) is 4.98 Å². The van der Waals surface area contributed by atoms with Crippen molar-refractivity contribution in [3.8, 4) is 0 Å². The molecule has 1 fully saturated rings. The zero-order valence-electron chi connectivity index (χ0n) is 13.8. The molecular formula is C17H21N7. The Labute approximate surface area is 140 Å². The zero-order chi connectivity index (χ0) is 16.4. The van der Waals surface area contributed by atoms with Crippen molar-refractivity contribution in [2.24, 2.45) is 0 Å². The second-order valence-corrected chi connectivity index (χ2v) is 6.11. The summed E-state index contributed by atoms with van der Waals surface area (Å²) < 4.78 is 1.84. The maximum absolute atomic E-state index is 4.76. The second kappa shape index (κ2) is 6.45. The summed E-state index contributed by atoms with van der Waals surface area (Å²) in [5.41, 5.74) is 2.00. The van der Waals surface area contributed by atoms with Crippen molar-refractivity contribution < 1.29 is 0 Å². The van der Waals surface area contributed by atoms with Crippen LogP contribution < -0.4 is 10.2 Å². The molecule has 0 radical (unpaired) electrons. The molecule has 0 amide bonds. The average molecular weight is 323 g/mol. The summed E-state index contributed by atoms with van der Waals surface area (Å²) in [4.78, 5) is 13.6. The highest BCUT2D eigenvalue weighted by Crippen LogP contribution is 2.21. The van der Waals surface area contributed by atoms with E-state index in [1.165, 1.54) is 0 Å². The number of piperazine rings is 1. The lowest BCUT2D eigenvalue weighted by atomic mass is 10.3. The van der Waals surface area contributed by atoms with Crippen LogP contribution in [0.1, 0.15) is 5.56 Å². The molecule has 1 N–H and O–H groups in total. The number of nitrogens with zero attached hydrogens (tertiary/aromatic N) is 6. The molecule has 1 saturated heterocycles. The maximum Gasteiger partial charge on any atom is 0.159 e. The molecular weight excluding hydrogens is 302 g/mol. The van der Waals surface area contributed by atoms with E-state index in [-0.39, 0.29) is 0 Å². The maximum atomic E-state index is 4.76. The van der Waals surface area contributed by atoms with Crippen LogP contribution in [0.3, 0.4) is 0 Å². The van der Waals surface area contributed by atoms with Gasteiger partial charge in [0.25, 0.3) is 0 Å². The van der Waals surface area contributed by atoms with Gasteiger partial charge in [-0.15, -0.1) is 0 Å². The quantitative estimate of drug-likeness (QED) is 0.785. The van der Waals surface area contributed by atoms with Gasteiger partial charge in [-0.2, -0.15) is 9.61 Å². The van der Waals surface area contributed by atoms with Crippen molar-refractivity contribution in [2.45, 2.75) is 6.54 Å². The number of aromatic nitrogens is 4. The van der Waals surface area contributed by atoms with Crippen molar-refractivity contribution in [1.82, 2.24) is 24.5 Å². The normalized spacial score (nSPS) is 15.8. The van der Waals surface area contributed by atoms with Crippen molar-refractivity contribution >= 4 is 17.3 Å². The highest BCUT2D eigenvalue weighted by Gasteiger charge is 2.17. The number of hydrogen-bond donors (Lipinski definition) is 1. The van der Waals surface area contributed by atoms with Crippen LogP contribution in [0.2, 0.25) is 0 Å². The van der Waals surface area contributed by atoms with Crippen LogP contribution in [0.15, 0.2) is 42.9 Å². The van der Waals surface area contributed by atoms with E-state index in [0.717, 1.165) is 49.0 Å². The van der Waals surface area contributed by atoms with Gasteiger partial charge in [-0.3, -0.25) is 4.98 Å². The molecule has 24 heavy (non-hydrogen) atoms. The Morgan fingerprint density at radius 3 is 2.79 bits per heavy atom. The summed E-state index contributed by atoms with van der Waals surface area (Å²) in [5.74, 6) is 1.95. The fourth-order valence-corrected chi connectivity index (χ4v) is 2.92. The highest BCUT2D eigenvalue weighted by molar-refractivity contribution is 5.58. The Bertz CT molecular complexity index is 806. The van der Waals surface area contributed by atoms with Gasteiger partial charge in [0, 0.05) is 57.3 Å². The Morgan fingerprint density at radius 2 is 2.00 bits per heavy atom. The van der Waals surface area contributed by atoms with Crippen molar-refractivity contribution in [2.75, 3.05) is 43.4 Å². The minimum atomic E-state index is 0.703. The predicted molar refractivity (Wildman–Crippen MR) is 94.3 cm³/mol. The van der Waals surface area contributed by atoms with Crippen LogP contribution in [-0.2, 0) is 6.54 Å². The number of rotatable bonds is 4. The summed E-state index contributed by atoms with van der Waals surface area (Å²) in [7, 11) is 2.16. The molecule has 0 atom stereocenters. The molecule has 1 aliphatic rings. The van der Waals surface area contributed by atoms with Gasteiger partial charge in [0.05, 0.1) is 6.20 Å². The Kier molecular flexibility index (Phi) is 4.00. The number of nitrogens with one attached hydrogen (secondary N) is 1. The van der Waals surface area contributed by atoms with Crippen molar-refractivity contribution in [3.05, 3.63) is 48.4 Å². The summed E-state index contributed by atoms with van der Waals surface area (Å²) in [6, 6.07) is 8.03. The summed E-state index contributed by atoms with van der Waals surface area (Å²) in [5, 5.41) is 7.84. The van der Waals surface area contributed by atoms with Gasteiger partial charge in [0.1, 0.15) is 11.6 Å². The summed E-state index contributed by atoms with van der Waals surface area (Å²) >= 11 is 0. The van der Waals surface area contributed by atoms with Crippen LogP contribution >= 0.6 is 0 Å². The van der Waals surface area contributed by atoms with Gasteiger partial charge in [0.15, 0.2) is 5.65 Å². The number of likely N-dealkylation sites (N-methyl/N-ethyl adjacent to an activating group) is 1. The topological polar surface area (TPSA) is 61.6 Å². The predicted octanol–water partition coefficient (Wildman–Crippen LogP) is 1.49. The number of hydrogen-bond acceptors (Lipinski definition) is 6. The van der Waals surface area contributed by atoms with E-state index >= 15 is 0 Å². The van der Waals surface area contributed by atoms with Crippen molar-refractivity contribution in [1.29, 1.82) is 0 Å². The fraction of sp³-hybridized carbons (Fsp3) is 0.353. The molecule has 3 aromatic rings. The summed E-state index contributed by atoms with van der Waals surface area (Å²) in [6.07, 6.45) is 5.44. The lowest BCUT2D eigenvalue weighted by molar-refractivity contribution is 0.312. The fourth-order valence-electron chi connectivity index (χ4n) is 2.92. The zero-order valence-corrected chi connectivity index (χ0v) is 13.8. The van der Waals surface area contributed by atoms with Gasteiger partial charge in [0.2, 0.25) is 0 Å². The third kappa shape index (κ3) is 3.03. The first-order valence-electron chi connectivity index (χ1n) is 8.21. The molecule has 7 nitrogen and oxygen atoms in total. The first kappa shape index (κ1) is 14.9. The van der Waals surface area contributed by atoms with E-state index in [9.17, 15) is 0 Å². The van der Waals surface area contributed by atoms with Crippen molar-refractivity contribution in [3.63, 3.8) is 0 Å². The molecule has 0 aromatic carbocycles. The first-order valence-corrected chi connectivity index (χ1v) is 8.21. The third-order valence-electron chi connectivity index (χ3n) is 4.37.